The highest BCUT2D eigenvalue weighted by atomic mass is 16.5. The molecule has 0 unspecified atom stereocenters. The molecular formula is C18H18O4. The Bertz CT molecular complexity index is 675. The van der Waals surface area contributed by atoms with Crippen molar-refractivity contribution >= 4 is 12.0 Å². The number of aryl methyl sites for hydroxylation is 1. The van der Waals surface area contributed by atoms with Gasteiger partial charge >= 0.3 is 5.97 Å². The standard InChI is InChI=1S/C18H18O4/c1-13-10-15(11-17(21-2)18(19)20)8-9-16(13)22-12-14-6-4-3-5-7-14/h3-11H,12H2,1-2H3,(H,19,20). The van der Waals surface area contributed by atoms with E-state index in [9.17, 15) is 4.79 Å². The minimum absolute atomic E-state index is 0.0997. The highest BCUT2D eigenvalue weighted by Crippen LogP contribution is 2.22. The third kappa shape index (κ3) is 4.12. The molecule has 22 heavy (non-hydrogen) atoms. The summed E-state index contributed by atoms with van der Waals surface area (Å²) in [4.78, 5) is 10.9. The molecule has 0 atom stereocenters. The first-order valence-electron chi connectivity index (χ1n) is 6.86. The first-order chi connectivity index (χ1) is 10.6. The Morgan fingerprint density at radius 3 is 2.50 bits per heavy atom. The zero-order valence-electron chi connectivity index (χ0n) is 12.6. The number of carboxylic acids is 1. The van der Waals surface area contributed by atoms with Gasteiger partial charge in [-0.2, -0.15) is 0 Å². The predicted molar refractivity (Wildman–Crippen MR) is 84.6 cm³/mol. The average Bonchev–Trinajstić information content (AvgIpc) is 2.52. The summed E-state index contributed by atoms with van der Waals surface area (Å²) >= 11 is 0. The maximum absolute atomic E-state index is 10.9. The molecule has 0 saturated heterocycles. The molecule has 0 heterocycles. The minimum Gasteiger partial charge on any atom is -0.490 e. The summed E-state index contributed by atoms with van der Waals surface area (Å²) in [6.45, 7) is 2.42. The largest absolute Gasteiger partial charge is 0.490 e. The zero-order valence-corrected chi connectivity index (χ0v) is 12.6. The lowest BCUT2D eigenvalue weighted by Crippen LogP contribution is -2.02. The molecule has 0 radical (unpaired) electrons. The Morgan fingerprint density at radius 1 is 1.18 bits per heavy atom. The van der Waals surface area contributed by atoms with Gasteiger partial charge in [0, 0.05) is 0 Å². The van der Waals surface area contributed by atoms with Crippen molar-refractivity contribution in [1.29, 1.82) is 0 Å². The second-order valence-electron chi connectivity index (χ2n) is 4.82. The molecule has 0 bridgehead atoms. The van der Waals surface area contributed by atoms with Crippen LogP contribution in [0.25, 0.3) is 6.08 Å². The van der Waals surface area contributed by atoms with Crippen LogP contribution >= 0.6 is 0 Å². The molecule has 0 amide bonds. The first kappa shape index (κ1) is 15.6. The van der Waals surface area contributed by atoms with Crippen molar-refractivity contribution in [1.82, 2.24) is 0 Å². The summed E-state index contributed by atoms with van der Waals surface area (Å²) in [7, 11) is 1.34. The van der Waals surface area contributed by atoms with Crippen LogP contribution < -0.4 is 4.74 Å². The second kappa shape index (κ2) is 7.31. The van der Waals surface area contributed by atoms with Crippen molar-refractivity contribution in [2.24, 2.45) is 0 Å². The smallest absolute Gasteiger partial charge is 0.371 e. The van der Waals surface area contributed by atoms with Gasteiger partial charge in [-0.05, 0) is 41.8 Å². The van der Waals surface area contributed by atoms with Crippen LogP contribution in [-0.4, -0.2) is 18.2 Å². The number of ether oxygens (including phenoxy) is 2. The van der Waals surface area contributed by atoms with Gasteiger partial charge in [0.1, 0.15) is 12.4 Å². The zero-order chi connectivity index (χ0) is 15.9. The number of rotatable bonds is 6. The molecule has 4 nitrogen and oxygen atoms in total. The van der Waals surface area contributed by atoms with Crippen LogP contribution in [0.5, 0.6) is 5.75 Å². The fraction of sp³-hybridized carbons (Fsp3) is 0.167. The summed E-state index contributed by atoms with van der Waals surface area (Å²) in [5.41, 5.74) is 2.78. The third-order valence-electron chi connectivity index (χ3n) is 3.16. The van der Waals surface area contributed by atoms with Gasteiger partial charge in [0.25, 0.3) is 0 Å². The molecule has 4 heteroatoms. The molecule has 2 rings (SSSR count). The Kier molecular flexibility index (Phi) is 5.20. The van der Waals surface area contributed by atoms with Crippen LogP contribution in [-0.2, 0) is 16.1 Å². The van der Waals surface area contributed by atoms with E-state index in [1.54, 1.807) is 6.07 Å². The van der Waals surface area contributed by atoms with Crippen molar-refractivity contribution in [3.8, 4) is 5.75 Å². The van der Waals surface area contributed by atoms with Crippen LogP contribution in [0.1, 0.15) is 16.7 Å². The molecule has 0 aliphatic carbocycles. The maximum Gasteiger partial charge on any atom is 0.371 e. The lowest BCUT2D eigenvalue weighted by Gasteiger charge is -2.10. The van der Waals surface area contributed by atoms with E-state index in [0.717, 1.165) is 22.4 Å². The van der Waals surface area contributed by atoms with E-state index in [1.807, 2.05) is 49.4 Å². The van der Waals surface area contributed by atoms with E-state index in [-0.39, 0.29) is 5.76 Å². The highest BCUT2D eigenvalue weighted by Gasteiger charge is 2.07. The molecule has 0 fully saturated rings. The van der Waals surface area contributed by atoms with Gasteiger partial charge in [-0.3, -0.25) is 0 Å². The van der Waals surface area contributed by atoms with Crippen LogP contribution in [0.3, 0.4) is 0 Å². The van der Waals surface area contributed by atoms with Crippen molar-refractivity contribution in [3.63, 3.8) is 0 Å². The monoisotopic (exact) mass is 298 g/mol. The lowest BCUT2D eigenvalue weighted by atomic mass is 10.1. The average molecular weight is 298 g/mol. The lowest BCUT2D eigenvalue weighted by molar-refractivity contribution is -0.135. The Labute approximate surface area is 129 Å². The van der Waals surface area contributed by atoms with Gasteiger partial charge in [-0.1, -0.05) is 36.4 Å². The molecular weight excluding hydrogens is 280 g/mol. The Hall–Kier alpha value is -2.75. The number of methoxy groups -OCH3 is 1. The Balaban J connectivity index is 2.11. The number of hydrogen-bond donors (Lipinski definition) is 1. The number of carbonyl (C=O) groups is 1. The summed E-state index contributed by atoms with van der Waals surface area (Å²) in [5.74, 6) is -0.419. The van der Waals surface area contributed by atoms with Crippen molar-refractivity contribution < 1.29 is 19.4 Å². The summed E-state index contributed by atoms with van der Waals surface area (Å²) in [5, 5.41) is 8.95. The van der Waals surface area contributed by atoms with Crippen molar-refractivity contribution in [2.75, 3.05) is 7.11 Å². The number of hydrogen-bond acceptors (Lipinski definition) is 3. The normalized spacial score (nSPS) is 11.1. The maximum atomic E-state index is 10.9. The quantitative estimate of drug-likeness (QED) is 0.653. The fourth-order valence-electron chi connectivity index (χ4n) is 2.02. The van der Waals surface area contributed by atoms with E-state index < -0.39 is 5.97 Å². The second-order valence-corrected chi connectivity index (χ2v) is 4.82. The van der Waals surface area contributed by atoms with E-state index in [1.165, 1.54) is 13.2 Å². The summed E-state index contributed by atoms with van der Waals surface area (Å²) in [6.07, 6.45) is 1.48. The van der Waals surface area contributed by atoms with Gasteiger partial charge in [-0.15, -0.1) is 0 Å². The topological polar surface area (TPSA) is 55.8 Å². The van der Waals surface area contributed by atoms with E-state index in [4.69, 9.17) is 14.6 Å². The van der Waals surface area contributed by atoms with Gasteiger partial charge in [0.05, 0.1) is 7.11 Å². The molecule has 2 aromatic rings. The first-order valence-corrected chi connectivity index (χ1v) is 6.86. The third-order valence-corrected chi connectivity index (χ3v) is 3.16. The Morgan fingerprint density at radius 2 is 1.91 bits per heavy atom. The summed E-state index contributed by atoms with van der Waals surface area (Å²) < 4.78 is 10.6. The SMILES string of the molecule is COC(=Cc1ccc(OCc2ccccc2)c(C)c1)C(=O)O. The number of carboxylic acid groups (broad SMARTS) is 1. The van der Waals surface area contributed by atoms with E-state index >= 15 is 0 Å². The van der Waals surface area contributed by atoms with Crippen molar-refractivity contribution in [3.05, 3.63) is 71.0 Å². The molecule has 114 valence electrons. The van der Waals surface area contributed by atoms with Gasteiger partial charge < -0.3 is 14.6 Å². The fourth-order valence-corrected chi connectivity index (χ4v) is 2.02. The van der Waals surface area contributed by atoms with Crippen LogP contribution in [0, 0.1) is 6.92 Å². The molecule has 0 aliphatic rings. The molecule has 0 saturated carbocycles. The molecule has 0 aromatic heterocycles. The van der Waals surface area contributed by atoms with Gasteiger partial charge in [0.15, 0.2) is 0 Å². The predicted octanol–water partition coefficient (Wildman–Crippen LogP) is 3.65. The van der Waals surface area contributed by atoms with Gasteiger partial charge in [-0.25, -0.2) is 4.79 Å². The molecule has 1 N–H and O–H groups in total. The van der Waals surface area contributed by atoms with Gasteiger partial charge in [0.2, 0.25) is 5.76 Å². The van der Waals surface area contributed by atoms with Crippen molar-refractivity contribution in [2.45, 2.75) is 13.5 Å². The van der Waals surface area contributed by atoms with Crippen LogP contribution in [0.15, 0.2) is 54.3 Å². The highest BCUT2D eigenvalue weighted by molar-refractivity contribution is 5.89. The van der Waals surface area contributed by atoms with E-state index in [2.05, 4.69) is 0 Å². The number of benzene rings is 2. The number of aliphatic carboxylic acids is 1. The molecule has 2 aromatic carbocycles. The molecule has 0 aliphatic heterocycles. The molecule has 0 spiro atoms. The van der Waals surface area contributed by atoms with Crippen LogP contribution in [0.2, 0.25) is 0 Å². The van der Waals surface area contributed by atoms with Crippen LogP contribution in [0.4, 0.5) is 0 Å². The summed E-state index contributed by atoms with van der Waals surface area (Å²) in [6, 6.07) is 15.4. The minimum atomic E-state index is -1.09. The van der Waals surface area contributed by atoms with E-state index in [0.29, 0.717) is 6.61 Å².